The minimum absolute atomic E-state index is 0.0651. The number of carbonyl (C=O) groups is 1. The van der Waals surface area contributed by atoms with E-state index >= 15 is 0 Å². The molecule has 1 aromatic heterocycles. The summed E-state index contributed by atoms with van der Waals surface area (Å²) < 4.78 is 1.05. The van der Waals surface area contributed by atoms with Crippen LogP contribution in [0.2, 0.25) is 0 Å². The number of thiazole rings is 1. The molecule has 0 atom stereocenters. The number of amides is 1. The zero-order valence-electron chi connectivity index (χ0n) is 14.3. The SMILES string of the molecule is O=C(CCCCN1CCCCC1)Nc1nc(-c2ccc(Br)cc2)cs1. The number of halogens is 1. The molecule has 2 aromatic rings. The van der Waals surface area contributed by atoms with Crippen LogP contribution in [0.15, 0.2) is 34.1 Å². The molecule has 25 heavy (non-hydrogen) atoms. The van der Waals surface area contributed by atoms with Gasteiger partial charge in [0.2, 0.25) is 5.91 Å². The average molecular weight is 422 g/mol. The number of rotatable bonds is 7. The quantitative estimate of drug-likeness (QED) is 0.627. The van der Waals surface area contributed by atoms with Crippen molar-refractivity contribution >= 4 is 38.3 Å². The predicted molar refractivity (Wildman–Crippen MR) is 108 cm³/mol. The Morgan fingerprint density at radius 3 is 2.68 bits per heavy atom. The number of hydrogen-bond donors (Lipinski definition) is 1. The van der Waals surface area contributed by atoms with E-state index in [1.165, 1.54) is 43.7 Å². The van der Waals surface area contributed by atoms with Crippen LogP contribution in [0, 0.1) is 0 Å². The van der Waals surface area contributed by atoms with Crippen molar-refractivity contribution in [2.24, 2.45) is 0 Å². The number of nitrogens with one attached hydrogen (secondary N) is 1. The summed E-state index contributed by atoms with van der Waals surface area (Å²) >= 11 is 4.91. The van der Waals surface area contributed by atoms with Gasteiger partial charge in [0.25, 0.3) is 0 Å². The van der Waals surface area contributed by atoms with E-state index < -0.39 is 0 Å². The molecule has 0 aliphatic carbocycles. The molecule has 0 bridgehead atoms. The van der Waals surface area contributed by atoms with Gasteiger partial charge in [-0.3, -0.25) is 4.79 Å². The largest absolute Gasteiger partial charge is 0.303 e. The van der Waals surface area contributed by atoms with Crippen LogP contribution in [-0.2, 0) is 4.79 Å². The lowest BCUT2D eigenvalue weighted by Gasteiger charge is -2.26. The van der Waals surface area contributed by atoms with Crippen LogP contribution in [0.1, 0.15) is 38.5 Å². The molecule has 3 rings (SSSR count). The molecule has 1 saturated heterocycles. The third kappa shape index (κ3) is 5.90. The maximum Gasteiger partial charge on any atom is 0.226 e. The number of piperidine rings is 1. The first-order valence-corrected chi connectivity index (χ1v) is 10.6. The van der Waals surface area contributed by atoms with Crippen molar-refractivity contribution in [2.45, 2.75) is 38.5 Å². The maximum atomic E-state index is 12.1. The fraction of sp³-hybridized carbons (Fsp3) is 0.474. The first kappa shape index (κ1) is 18.5. The molecule has 0 spiro atoms. The Balaban J connectivity index is 1.40. The molecule has 4 nitrogen and oxygen atoms in total. The third-order valence-electron chi connectivity index (χ3n) is 4.47. The first-order chi connectivity index (χ1) is 12.2. The van der Waals surface area contributed by atoms with E-state index in [0.29, 0.717) is 11.6 Å². The number of benzene rings is 1. The smallest absolute Gasteiger partial charge is 0.226 e. The molecule has 0 radical (unpaired) electrons. The topological polar surface area (TPSA) is 45.2 Å². The molecule has 6 heteroatoms. The van der Waals surface area contributed by atoms with E-state index in [1.54, 1.807) is 0 Å². The van der Waals surface area contributed by atoms with E-state index in [2.05, 4.69) is 31.1 Å². The molecule has 1 amide bonds. The van der Waals surface area contributed by atoms with Gasteiger partial charge < -0.3 is 10.2 Å². The van der Waals surface area contributed by atoms with Gasteiger partial charge in [-0.25, -0.2) is 4.98 Å². The zero-order chi connectivity index (χ0) is 17.5. The number of nitrogens with zero attached hydrogens (tertiary/aromatic N) is 2. The molecular weight excluding hydrogens is 398 g/mol. The third-order valence-corrected chi connectivity index (χ3v) is 5.75. The minimum atomic E-state index is 0.0651. The van der Waals surface area contributed by atoms with Crippen LogP contribution in [0.3, 0.4) is 0 Å². The Bertz CT molecular complexity index is 680. The van der Waals surface area contributed by atoms with Gasteiger partial charge in [-0.1, -0.05) is 34.5 Å². The predicted octanol–water partition coefficient (Wildman–Crippen LogP) is 5.17. The summed E-state index contributed by atoms with van der Waals surface area (Å²) in [6.45, 7) is 3.58. The lowest BCUT2D eigenvalue weighted by Crippen LogP contribution is -2.30. The second-order valence-electron chi connectivity index (χ2n) is 6.45. The van der Waals surface area contributed by atoms with Crippen molar-refractivity contribution < 1.29 is 4.79 Å². The highest BCUT2D eigenvalue weighted by Gasteiger charge is 2.11. The number of likely N-dealkylation sites (tertiary alicyclic amines) is 1. The summed E-state index contributed by atoms with van der Waals surface area (Å²) in [4.78, 5) is 19.1. The van der Waals surface area contributed by atoms with Crippen molar-refractivity contribution in [1.29, 1.82) is 0 Å². The van der Waals surface area contributed by atoms with Gasteiger partial charge in [-0.15, -0.1) is 11.3 Å². The van der Waals surface area contributed by atoms with Crippen LogP contribution in [0.4, 0.5) is 5.13 Å². The van der Waals surface area contributed by atoms with Crippen LogP contribution in [0.5, 0.6) is 0 Å². The highest BCUT2D eigenvalue weighted by atomic mass is 79.9. The lowest BCUT2D eigenvalue weighted by molar-refractivity contribution is -0.116. The highest BCUT2D eigenvalue weighted by molar-refractivity contribution is 9.10. The summed E-state index contributed by atoms with van der Waals surface area (Å²) in [5, 5.41) is 5.59. The van der Waals surface area contributed by atoms with Crippen molar-refractivity contribution in [3.63, 3.8) is 0 Å². The molecule has 1 N–H and O–H groups in total. The molecule has 1 aromatic carbocycles. The van der Waals surface area contributed by atoms with Gasteiger partial charge in [0.05, 0.1) is 5.69 Å². The Morgan fingerprint density at radius 2 is 1.92 bits per heavy atom. The summed E-state index contributed by atoms with van der Waals surface area (Å²) in [5.74, 6) is 0.0651. The average Bonchev–Trinajstić information content (AvgIpc) is 3.09. The van der Waals surface area contributed by atoms with E-state index in [4.69, 9.17) is 0 Å². The maximum absolute atomic E-state index is 12.1. The molecule has 0 unspecified atom stereocenters. The first-order valence-electron chi connectivity index (χ1n) is 8.94. The lowest BCUT2D eigenvalue weighted by atomic mass is 10.1. The second kappa shape index (κ2) is 9.46. The van der Waals surface area contributed by atoms with Crippen molar-refractivity contribution in [3.05, 3.63) is 34.1 Å². The molecular formula is C19H24BrN3OS. The van der Waals surface area contributed by atoms with Crippen molar-refractivity contribution in [3.8, 4) is 11.3 Å². The molecule has 1 aliphatic rings. The number of anilines is 1. The molecule has 1 fully saturated rings. The zero-order valence-corrected chi connectivity index (χ0v) is 16.7. The van der Waals surface area contributed by atoms with Crippen molar-refractivity contribution in [1.82, 2.24) is 9.88 Å². The van der Waals surface area contributed by atoms with Gasteiger partial charge >= 0.3 is 0 Å². The summed E-state index contributed by atoms with van der Waals surface area (Å²) in [6.07, 6.45) is 6.62. The molecule has 1 aliphatic heterocycles. The second-order valence-corrected chi connectivity index (χ2v) is 8.23. The number of aromatic nitrogens is 1. The van der Waals surface area contributed by atoms with Crippen LogP contribution in [0.25, 0.3) is 11.3 Å². The Labute approximate surface area is 161 Å². The summed E-state index contributed by atoms with van der Waals surface area (Å²) in [6, 6.07) is 8.03. The Hall–Kier alpha value is -1.24. The van der Waals surface area contributed by atoms with E-state index in [0.717, 1.165) is 35.1 Å². The van der Waals surface area contributed by atoms with Gasteiger partial charge in [0.1, 0.15) is 0 Å². The van der Waals surface area contributed by atoms with E-state index in [1.807, 2.05) is 29.6 Å². The van der Waals surface area contributed by atoms with Gasteiger partial charge in [-0.2, -0.15) is 0 Å². The molecule has 2 heterocycles. The van der Waals surface area contributed by atoms with Crippen molar-refractivity contribution in [2.75, 3.05) is 25.0 Å². The Kier molecular flexibility index (Phi) is 7.02. The molecule has 0 saturated carbocycles. The fourth-order valence-electron chi connectivity index (χ4n) is 3.07. The normalized spacial score (nSPS) is 15.2. The minimum Gasteiger partial charge on any atom is -0.303 e. The fourth-order valence-corrected chi connectivity index (χ4v) is 4.07. The number of unbranched alkanes of at least 4 members (excludes halogenated alkanes) is 1. The van der Waals surface area contributed by atoms with Crippen LogP contribution < -0.4 is 5.32 Å². The van der Waals surface area contributed by atoms with E-state index in [9.17, 15) is 4.79 Å². The molecule has 134 valence electrons. The van der Waals surface area contributed by atoms with Crippen LogP contribution >= 0.6 is 27.3 Å². The van der Waals surface area contributed by atoms with Gasteiger partial charge in [0.15, 0.2) is 5.13 Å². The standard InChI is InChI=1S/C19H24BrN3OS/c20-16-9-7-15(8-10-16)17-14-25-19(21-17)22-18(24)6-2-5-13-23-11-3-1-4-12-23/h7-10,14H,1-6,11-13H2,(H,21,22,24). The van der Waals surface area contributed by atoms with Gasteiger partial charge in [0, 0.05) is 21.8 Å². The Morgan fingerprint density at radius 1 is 1.16 bits per heavy atom. The highest BCUT2D eigenvalue weighted by Crippen LogP contribution is 2.26. The number of hydrogen-bond acceptors (Lipinski definition) is 4. The van der Waals surface area contributed by atoms with Gasteiger partial charge in [-0.05, 0) is 57.5 Å². The monoisotopic (exact) mass is 421 g/mol. The summed E-state index contributed by atoms with van der Waals surface area (Å²) in [7, 11) is 0. The summed E-state index contributed by atoms with van der Waals surface area (Å²) in [5.41, 5.74) is 1.96. The van der Waals surface area contributed by atoms with E-state index in [-0.39, 0.29) is 5.91 Å². The van der Waals surface area contributed by atoms with Crippen LogP contribution in [-0.4, -0.2) is 35.4 Å². The number of carbonyl (C=O) groups excluding carboxylic acids is 1.